The highest BCUT2D eigenvalue weighted by molar-refractivity contribution is 7.87. The van der Waals surface area contributed by atoms with Crippen molar-refractivity contribution in [2.45, 2.75) is 11.8 Å². The minimum absolute atomic E-state index is 0.124. The van der Waals surface area contributed by atoms with Gasteiger partial charge in [0, 0.05) is 5.56 Å². The van der Waals surface area contributed by atoms with Crippen molar-refractivity contribution in [1.29, 1.82) is 0 Å². The number of terminal acetylenes is 1. The van der Waals surface area contributed by atoms with E-state index in [0.717, 1.165) is 5.56 Å². The number of hydrogen-bond donors (Lipinski definition) is 0. The van der Waals surface area contributed by atoms with Gasteiger partial charge in [0.2, 0.25) is 0 Å². The molecule has 0 heterocycles. The monoisotopic (exact) mass is 272 g/mol. The second-order valence-electron chi connectivity index (χ2n) is 4.02. The third-order valence-electron chi connectivity index (χ3n) is 2.54. The first-order valence-corrected chi connectivity index (χ1v) is 7.00. The Labute approximate surface area is 113 Å². The van der Waals surface area contributed by atoms with Crippen molar-refractivity contribution < 1.29 is 12.6 Å². The molecule has 0 aliphatic heterocycles. The lowest BCUT2D eigenvalue weighted by Crippen LogP contribution is -2.09. The quantitative estimate of drug-likeness (QED) is 0.637. The number of benzene rings is 2. The van der Waals surface area contributed by atoms with E-state index in [0.29, 0.717) is 5.56 Å². The van der Waals surface area contributed by atoms with E-state index in [1.807, 2.05) is 6.92 Å². The molecule has 19 heavy (non-hydrogen) atoms. The summed E-state index contributed by atoms with van der Waals surface area (Å²) >= 11 is 0. The van der Waals surface area contributed by atoms with Crippen LogP contribution in [0.25, 0.3) is 0 Å². The summed E-state index contributed by atoms with van der Waals surface area (Å²) in [5, 5.41) is 0. The van der Waals surface area contributed by atoms with Crippen molar-refractivity contribution in [3.63, 3.8) is 0 Å². The summed E-state index contributed by atoms with van der Waals surface area (Å²) in [6.45, 7) is 1.88. The topological polar surface area (TPSA) is 43.4 Å². The zero-order valence-corrected chi connectivity index (χ0v) is 11.1. The molecule has 0 aromatic heterocycles. The molecule has 0 aliphatic rings. The minimum Gasteiger partial charge on any atom is -0.379 e. The maximum absolute atomic E-state index is 12.0. The van der Waals surface area contributed by atoms with Crippen LogP contribution < -0.4 is 4.18 Å². The first kappa shape index (κ1) is 13.2. The van der Waals surface area contributed by atoms with Crippen LogP contribution in [0.2, 0.25) is 0 Å². The van der Waals surface area contributed by atoms with Gasteiger partial charge in [0.15, 0.2) is 0 Å². The fourth-order valence-corrected chi connectivity index (χ4v) is 2.42. The van der Waals surface area contributed by atoms with E-state index in [-0.39, 0.29) is 10.6 Å². The van der Waals surface area contributed by atoms with Crippen LogP contribution in [0.15, 0.2) is 53.4 Å². The molecule has 0 radical (unpaired) electrons. The molecule has 2 aromatic rings. The summed E-state index contributed by atoms with van der Waals surface area (Å²) in [7, 11) is -3.80. The molecule has 0 fully saturated rings. The minimum atomic E-state index is -3.80. The van der Waals surface area contributed by atoms with Gasteiger partial charge in [-0.25, -0.2) is 0 Å². The maximum Gasteiger partial charge on any atom is 0.339 e. The van der Waals surface area contributed by atoms with Gasteiger partial charge in [0.05, 0.1) is 0 Å². The second-order valence-corrected chi connectivity index (χ2v) is 5.57. The summed E-state index contributed by atoms with van der Waals surface area (Å²) in [6, 6.07) is 12.8. The summed E-state index contributed by atoms with van der Waals surface area (Å²) in [5.41, 5.74) is 1.65. The molecule has 3 nitrogen and oxygen atoms in total. The Morgan fingerprint density at radius 3 is 2.11 bits per heavy atom. The molecule has 2 aromatic carbocycles. The fraction of sp³-hybridized carbons (Fsp3) is 0.0667. The lowest BCUT2D eigenvalue weighted by Gasteiger charge is -2.07. The van der Waals surface area contributed by atoms with E-state index in [1.165, 1.54) is 24.3 Å². The third-order valence-corrected chi connectivity index (χ3v) is 3.80. The van der Waals surface area contributed by atoms with Gasteiger partial charge in [0.1, 0.15) is 10.6 Å². The maximum atomic E-state index is 12.0. The summed E-state index contributed by atoms with van der Waals surface area (Å²) in [4.78, 5) is 0.124. The van der Waals surface area contributed by atoms with Crippen LogP contribution in [0.4, 0.5) is 0 Å². The predicted molar refractivity (Wildman–Crippen MR) is 73.4 cm³/mol. The molecule has 0 spiro atoms. The SMILES string of the molecule is C#Cc1ccc(OS(=O)(=O)c2ccc(C)cc2)cc1. The molecule has 96 valence electrons. The van der Waals surface area contributed by atoms with E-state index < -0.39 is 10.1 Å². The lowest BCUT2D eigenvalue weighted by molar-refractivity contribution is 0.486. The van der Waals surface area contributed by atoms with Crippen LogP contribution in [0, 0.1) is 19.3 Å². The summed E-state index contributed by atoms with van der Waals surface area (Å²) < 4.78 is 29.0. The van der Waals surface area contributed by atoms with Gasteiger partial charge >= 0.3 is 10.1 Å². The smallest absolute Gasteiger partial charge is 0.339 e. The molecular weight excluding hydrogens is 260 g/mol. The van der Waals surface area contributed by atoms with Gasteiger partial charge in [0.25, 0.3) is 0 Å². The molecule has 0 unspecified atom stereocenters. The number of rotatable bonds is 3. The molecular formula is C15H12O3S. The van der Waals surface area contributed by atoms with Crippen LogP contribution in [-0.2, 0) is 10.1 Å². The van der Waals surface area contributed by atoms with Crippen LogP contribution in [0.3, 0.4) is 0 Å². The standard InChI is InChI=1S/C15H12O3S/c1-3-13-6-8-14(9-7-13)18-19(16,17)15-10-4-12(2)5-11-15/h1,4-11H,2H3. The van der Waals surface area contributed by atoms with Gasteiger partial charge in [-0.2, -0.15) is 8.42 Å². The molecule has 0 aliphatic carbocycles. The van der Waals surface area contributed by atoms with E-state index >= 15 is 0 Å². The fourth-order valence-electron chi connectivity index (χ4n) is 1.49. The van der Waals surface area contributed by atoms with Gasteiger partial charge in [-0.3, -0.25) is 0 Å². The largest absolute Gasteiger partial charge is 0.379 e. The Morgan fingerprint density at radius 1 is 1.00 bits per heavy atom. The molecule has 2 rings (SSSR count). The molecule has 0 atom stereocenters. The number of hydrogen-bond acceptors (Lipinski definition) is 3. The van der Waals surface area contributed by atoms with Gasteiger partial charge in [-0.15, -0.1) is 6.42 Å². The van der Waals surface area contributed by atoms with Crippen molar-refractivity contribution in [2.24, 2.45) is 0 Å². The Morgan fingerprint density at radius 2 is 1.58 bits per heavy atom. The number of aryl methyl sites for hydroxylation is 1. The summed E-state index contributed by atoms with van der Waals surface area (Å²) in [5.74, 6) is 2.69. The lowest BCUT2D eigenvalue weighted by atomic mass is 10.2. The summed E-state index contributed by atoms with van der Waals surface area (Å²) in [6.07, 6.45) is 5.22. The average molecular weight is 272 g/mol. The van der Waals surface area contributed by atoms with E-state index in [4.69, 9.17) is 10.6 Å². The zero-order valence-electron chi connectivity index (χ0n) is 10.3. The van der Waals surface area contributed by atoms with Crippen molar-refractivity contribution in [3.05, 3.63) is 59.7 Å². The molecule has 0 amide bonds. The van der Waals surface area contributed by atoms with Crippen LogP contribution in [-0.4, -0.2) is 8.42 Å². The Hall–Kier alpha value is -2.25. The van der Waals surface area contributed by atoms with E-state index in [2.05, 4.69) is 5.92 Å². The highest BCUT2D eigenvalue weighted by Gasteiger charge is 2.15. The molecule has 0 N–H and O–H groups in total. The zero-order chi connectivity index (χ0) is 13.9. The molecule has 0 saturated carbocycles. The van der Waals surface area contributed by atoms with Crippen LogP contribution in [0.1, 0.15) is 11.1 Å². The van der Waals surface area contributed by atoms with Crippen LogP contribution in [0.5, 0.6) is 5.75 Å². The third kappa shape index (κ3) is 3.15. The molecule has 0 bridgehead atoms. The van der Waals surface area contributed by atoms with Gasteiger partial charge in [-0.05, 0) is 43.3 Å². The molecule has 0 saturated heterocycles. The highest BCUT2D eigenvalue weighted by atomic mass is 32.2. The highest BCUT2D eigenvalue weighted by Crippen LogP contribution is 2.19. The van der Waals surface area contributed by atoms with Crippen molar-refractivity contribution in [1.82, 2.24) is 0 Å². The van der Waals surface area contributed by atoms with Crippen molar-refractivity contribution in [3.8, 4) is 18.1 Å². The predicted octanol–water partition coefficient (Wildman–Crippen LogP) is 2.74. The van der Waals surface area contributed by atoms with E-state index in [1.54, 1.807) is 24.3 Å². The van der Waals surface area contributed by atoms with Crippen molar-refractivity contribution in [2.75, 3.05) is 0 Å². The Balaban J connectivity index is 2.26. The van der Waals surface area contributed by atoms with Gasteiger partial charge < -0.3 is 4.18 Å². The Bertz CT molecular complexity index is 705. The second kappa shape index (κ2) is 5.17. The normalized spacial score (nSPS) is 10.7. The van der Waals surface area contributed by atoms with E-state index in [9.17, 15) is 8.42 Å². The molecule has 4 heteroatoms. The van der Waals surface area contributed by atoms with Crippen molar-refractivity contribution >= 4 is 10.1 Å². The first-order valence-electron chi connectivity index (χ1n) is 5.59. The van der Waals surface area contributed by atoms with Gasteiger partial charge in [-0.1, -0.05) is 23.6 Å². The average Bonchev–Trinajstić information content (AvgIpc) is 2.40. The first-order chi connectivity index (χ1) is 9.01. The Kier molecular flexibility index (Phi) is 3.59. The van der Waals surface area contributed by atoms with Crippen LogP contribution >= 0.6 is 0 Å².